The molecule has 1 aromatic carbocycles. The molecule has 1 aliphatic heterocycles. The first-order valence-corrected chi connectivity index (χ1v) is 6.38. The Bertz CT molecular complexity index is 530. The molecule has 0 spiro atoms. The molecule has 96 valence electrons. The van der Waals surface area contributed by atoms with Gasteiger partial charge in [0.2, 0.25) is 0 Å². The van der Waals surface area contributed by atoms with Crippen molar-refractivity contribution in [3.8, 4) is 0 Å². The number of hydrogen-bond acceptors (Lipinski definition) is 4. The number of furan rings is 1. The van der Waals surface area contributed by atoms with Crippen molar-refractivity contribution in [1.29, 1.82) is 0 Å². The Hall–Kier alpha value is -1.36. The van der Waals surface area contributed by atoms with E-state index in [1.54, 1.807) is 0 Å². The van der Waals surface area contributed by atoms with Crippen LogP contribution in [0.2, 0.25) is 0 Å². The normalized spacial score (nSPS) is 17.4. The fourth-order valence-electron chi connectivity index (χ4n) is 2.46. The van der Waals surface area contributed by atoms with Crippen LogP contribution in [0.25, 0.3) is 11.0 Å². The predicted octanol–water partition coefficient (Wildman–Crippen LogP) is 1.72. The molecule has 0 aliphatic carbocycles. The average molecular weight is 246 g/mol. The molecular weight excluding hydrogens is 228 g/mol. The maximum Gasteiger partial charge on any atom is 0.134 e. The lowest BCUT2D eigenvalue weighted by atomic mass is 10.1. The van der Waals surface area contributed by atoms with Crippen LogP contribution < -0.4 is 5.73 Å². The highest BCUT2D eigenvalue weighted by Gasteiger charge is 2.17. The van der Waals surface area contributed by atoms with Crippen molar-refractivity contribution in [2.75, 3.05) is 26.3 Å². The van der Waals surface area contributed by atoms with E-state index in [0.29, 0.717) is 6.54 Å². The number of rotatable bonds is 3. The van der Waals surface area contributed by atoms with Gasteiger partial charge in [0.1, 0.15) is 11.3 Å². The molecule has 2 heterocycles. The van der Waals surface area contributed by atoms with Crippen molar-refractivity contribution in [2.24, 2.45) is 5.73 Å². The lowest BCUT2D eigenvalue weighted by Crippen LogP contribution is -2.35. The summed E-state index contributed by atoms with van der Waals surface area (Å²) >= 11 is 0. The Kier molecular flexibility index (Phi) is 3.32. The SMILES string of the molecule is NCc1c(CN2CCOCC2)oc2ccccc12. The van der Waals surface area contributed by atoms with Crippen LogP contribution in [0.3, 0.4) is 0 Å². The summed E-state index contributed by atoms with van der Waals surface area (Å²) < 4.78 is 11.3. The molecule has 2 aromatic rings. The summed E-state index contributed by atoms with van der Waals surface area (Å²) in [6.07, 6.45) is 0. The molecule has 0 saturated carbocycles. The van der Waals surface area contributed by atoms with Gasteiger partial charge in [-0.15, -0.1) is 0 Å². The number of fused-ring (bicyclic) bond motifs is 1. The fourth-order valence-corrected chi connectivity index (χ4v) is 2.46. The van der Waals surface area contributed by atoms with E-state index in [0.717, 1.165) is 55.1 Å². The number of hydrogen-bond donors (Lipinski definition) is 1. The Morgan fingerprint density at radius 3 is 2.72 bits per heavy atom. The van der Waals surface area contributed by atoms with Crippen LogP contribution in [-0.4, -0.2) is 31.2 Å². The molecule has 0 atom stereocenters. The highest BCUT2D eigenvalue weighted by atomic mass is 16.5. The summed E-state index contributed by atoms with van der Waals surface area (Å²) in [6, 6.07) is 8.08. The minimum absolute atomic E-state index is 0.524. The van der Waals surface area contributed by atoms with E-state index in [-0.39, 0.29) is 0 Å². The van der Waals surface area contributed by atoms with Gasteiger partial charge in [-0.05, 0) is 6.07 Å². The summed E-state index contributed by atoms with van der Waals surface area (Å²) in [4.78, 5) is 2.35. The summed E-state index contributed by atoms with van der Waals surface area (Å²) in [5.74, 6) is 1.00. The number of nitrogens with two attached hydrogens (primary N) is 1. The first kappa shape index (κ1) is 11.7. The van der Waals surface area contributed by atoms with E-state index in [1.165, 1.54) is 0 Å². The number of ether oxygens (including phenoxy) is 1. The molecular formula is C14H18N2O2. The van der Waals surface area contributed by atoms with Crippen molar-refractivity contribution >= 4 is 11.0 Å². The predicted molar refractivity (Wildman–Crippen MR) is 70.2 cm³/mol. The van der Waals surface area contributed by atoms with Crippen LogP contribution >= 0.6 is 0 Å². The summed E-state index contributed by atoms with van der Waals surface area (Å²) in [5, 5.41) is 1.14. The first-order valence-electron chi connectivity index (χ1n) is 6.38. The molecule has 18 heavy (non-hydrogen) atoms. The third kappa shape index (κ3) is 2.14. The standard InChI is InChI=1S/C14H18N2O2/c15-9-12-11-3-1-2-4-13(11)18-14(12)10-16-5-7-17-8-6-16/h1-4H,5-10,15H2. The molecule has 3 rings (SSSR count). The number of benzene rings is 1. The van der Waals surface area contributed by atoms with E-state index in [9.17, 15) is 0 Å². The molecule has 0 radical (unpaired) electrons. The second-order valence-electron chi connectivity index (χ2n) is 4.59. The quantitative estimate of drug-likeness (QED) is 0.896. The van der Waals surface area contributed by atoms with Gasteiger partial charge in [-0.3, -0.25) is 4.90 Å². The van der Waals surface area contributed by atoms with Gasteiger partial charge in [0.05, 0.1) is 19.8 Å². The van der Waals surface area contributed by atoms with Gasteiger partial charge in [0, 0.05) is 30.6 Å². The largest absolute Gasteiger partial charge is 0.459 e. The Morgan fingerprint density at radius 1 is 1.17 bits per heavy atom. The van der Waals surface area contributed by atoms with Crippen LogP contribution in [0.5, 0.6) is 0 Å². The Balaban J connectivity index is 1.90. The van der Waals surface area contributed by atoms with Gasteiger partial charge in [0.15, 0.2) is 0 Å². The lowest BCUT2D eigenvalue weighted by molar-refractivity contribution is 0.0314. The van der Waals surface area contributed by atoms with Gasteiger partial charge in [-0.25, -0.2) is 0 Å². The smallest absolute Gasteiger partial charge is 0.134 e. The minimum Gasteiger partial charge on any atom is -0.459 e. The summed E-state index contributed by atoms with van der Waals surface area (Å²) in [7, 11) is 0. The number of nitrogens with zero attached hydrogens (tertiary/aromatic N) is 1. The van der Waals surface area contributed by atoms with Gasteiger partial charge in [0.25, 0.3) is 0 Å². The monoisotopic (exact) mass is 246 g/mol. The fraction of sp³-hybridized carbons (Fsp3) is 0.429. The molecule has 4 nitrogen and oxygen atoms in total. The molecule has 1 aliphatic rings. The van der Waals surface area contributed by atoms with Crippen LogP contribution in [0.1, 0.15) is 11.3 Å². The van der Waals surface area contributed by atoms with E-state index < -0.39 is 0 Å². The summed E-state index contributed by atoms with van der Waals surface area (Å²) in [6.45, 7) is 4.87. The van der Waals surface area contributed by atoms with E-state index in [4.69, 9.17) is 14.9 Å². The second kappa shape index (κ2) is 5.10. The molecule has 2 N–H and O–H groups in total. The highest BCUT2D eigenvalue weighted by Crippen LogP contribution is 2.26. The molecule has 0 bridgehead atoms. The molecule has 4 heteroatoms. The van der Waals surface area contributed by atoms with Crippen LogP contribution in [0, 0.1) is 0 Å². The van der Waals surface area contributed by atoms with Crippen molar-refractivity contribution in [2.45, 2.75) is 13.1 Å². The van der Waals surface area contributed by atoms with Gasteiger partial charge in [-0.2, -0.15) is 0 Å². The average Bonchev–Trinajstić information content (AvgIpc) is 2.77. The van der Waals surface area contributed by atoms with E-state index >= 15 is 0 Å². The zero-order valence-corrected chi connectivity index (χ0v) is 10.4. The maximum absolute atomic E-state index is 5.93. The molecule has 1 fully saturated rings. The first-order chi connectivity index (χ1) is 8.88. The zero-order valence-electron chi connectivity index (χ0n) is 10.4. The molecule has 0 amide bonds. The van der Waals surface area contributed by atoms with Crippen molar-refractivity contribution < 1.29 is 9.15 Å². The maximum atomic E-state index is 5.93. The highest BCUT2D eigenvalue weighted by molar-refractivity contribution is 5.82. The van der Waals surface area contributed by atoms with Gasteiger partial charge in [-0.1, -0.05) is 18.2 Å². The third-order valence-electron chi connectivity index (χ3n) is 3.46. The van der Waals surface area contributed by atoms with Crippen LogP contribution in [0.15, 0.2) is 28.7 Å². The van der Waals surface area contributed by atoms with Gasteiger partial charge < -0.3 is 14.9 Å². The number of para-hydroxylation sites is 1. The second-order valence-corrected chi connectivity index (χ2v) is 4.59. The van der Waals surface area contributed by atoms with Crippen molar-refractivity contribution in [3.63, 3.8) is 0 Å². The molecule has 0 unspecified atom stereocenters. The van der Waals surface area contributed by atoms with Crippen molar-refractivity contribution in [3.05, 3.63) is 35.6 Å². The number of morpholine rings is 1. The van der Waals surface area contributed by atoms with Crippen LogP contribution in [-0.2, 0) is 17.8 Å². The minimum atomic E-state index is 0.524. The van der Waals surface area contributed by atoms with Gasteiger partial charge >= 0.3 is 0 Å². The topological polar surface area (TPSA) is 51.6 Å². The summed E-state index contributed by atoms with van der Waals surface area (Å²) in [5.41, 5.74) is 7.93. The Morgan fingerprint density at radius 2 is 1.94 bits per heavy atom. The lowest BCUT2D eigenvalue weighted by Gasteiger charge is -2.25. The van der Waals surface area contributed by atoms with Crippen molar-refractivity contribution in [1.82, 2.24) is 4.90 Å². The zero-order chi connectivity index (χ0) is 12.4. The van der Waals surface area contributed by atoms with E-state index in [2.05, 4.69) is 11.0 Å². The Labute approximate surface area is 106 Å². The molecule has 1 saturated heterocycles. The van der Waals surface area contributed by atoms with E-state index in [1.807, 2.05) is 18.2 Å². The molecule has 1 aromatic heterocycles. The van der Waals surface area contributed by atoms with Crippen LogP contribution in [0.4, 0.5) is 0 Å². The third-order valence-corrected chi connectivity index (χ3v) is 3.46.